The summed E-state index contributed by atoms with van der Waals surface area (Å²) in [6, 6.07) is -2.14. The number of nitrogens with two attached hydrogens (primary N) is 1. The second kappa shape index (κ2) is 16.0. The van der Waals surface area contributed by atoms with E-state index in [2.05, 4.69) is 37.8 Å². The molecule has 0 aliphatic rings. The largest absolute Gasteiger partial charge is 0.480 e. The van der Waals surface area contributed by atoms with Crippen LogP contribution in [0.4, 0.5) is 0 Å². The maximum absolute atomic E-state index is 12.9. The average Bonchev–Trinajstić information content (AvgIpc) is 2.81. The van der Waals surface area contributed by atoms with E-state index in [1.807, 2.05) is 0 Å². The maximum atomic E-state index is 12.9. The van der Waals surface area contributed by atoms with Gasteiger partial charge in [-0.25, -0.2) is 9.97 Å². The van der Waals surface area contributed by atoms with Gasteiger partial charge >= 0.3 is 12.0 Å². The Morgan fingerprint density at radius 1 is 1.06 bits per heavy atom. The van der Waals surface area contributed by atoms with Gasteiger partial charge in [-0.05, 0) is 38.1 Å². The van der Waals surface area contributed by atoms with Crippen molar-refractivity contribution in [3.63, 3.8) is 0 Å². The molecule has 2 atom stereocenters. The van der Waals surface area contributed by atoms with Crippen LogP contribution in [-0.4, -0.2) is 69.0 Å². The van der Waals surface area contributed by atoms with Gasteiger partial charge in [-0.1, -0.05) is 25.7 Å². The predicted octanol–water partition coefficient (Wildman–Crippen LogP) is -0.341. The molecule has 0 unspecified atom stereocenters. The molecule has 12 nitrogen and oxygen atoms in total. The van der Waals surface area contributed by atoms with Crippen molar-refractivity contribution in [3.8, 4) is 17.9 Å². The van der Waals surface area contributed by atoms with Gasteiger partial charge < -0.3 is 31.9 Å². The first-order chi connectivity index (χ1) is 16.6. The van der Waals surface area contributed by atoms with E-state index in [4.69, 9.17) is 15.9 Å². The minimum absolute atomic E-state index is 0.149. The first-order valence-electron chi connectivity index (χ1n) is 11.4. The Morgan fingerprint density at radius 3 is 2.34 bits per heavy atom. The SMILES string of the molecule is CC(C)[C@H](NC(=O)CCCC#Cc1cnc(O)nc1)C(=O)N[C@@H](CCCCN)C(=O)NCC(=O)O. The van der Waals surface area contributed by atoms with Gasteiger partial charge in [-0.15, -0.1) is 0 Å². The summed E-state index contributed by atoms with van der Waals surface area (Å²) in [6.45, 7) is 3.40. The van der Waals surface area contributed by atoms with Crippen LogP contribution in [-0.2, 0) is 19.2 Å². The monoisotopic (exact) mass is 490 g/mol. The standard InChI is InChI=1S/C23H34N6O6/c1-15(2)20(22(34)28-17(9-6-7-11-24)21(33)25-14-19(31)32)29-18(30)10-5-3-4-8-16-12-26-23(35)27-13-16/h12-13,15,17,20H,3,5-7,9-11,14,24H2,1-2H3,(H,25,33)(H,28,34)(H,29,30)(H,31,32)(H,26,27,35)/t17-,20-/m0/s1. The molecule has 192 valence electrons. The van der Waals surface area contributed by atoms with Crippen molar-refractivity contribution < 1.29 is 29.4 Å². The summed E-state index contributed by atoms with van der Waals surface area (Å²) in [5.41, 5.74) is 6.03. The van der Waals surface area contributed by atoms with Crippen molar-refractivity contribution in [3.05, 3.63) is 18.0 Å². The molecule has 0 bridgehead atoms. The topological polar surface area (TPSA) is 197 Å². The fourth-order valence-corrected chi connectivity index (χ4v) is 2.98. The molecule has 0 spiro atoms. The van der Waals surface area contributed by atoms with E-state index in [0.717, 1.165) is 0 Å². The number of carboxylic acid groups (broad SMARTS) is 1. The Kier molecular flexibility index (Phi) is 13.4. The van der Waals surface area contributed by atoms with Gasteiger partial charge in [0, 0.05) is 25.2 Å². The highest BCUT2D eigenvalue weighted by Gasteiger charge is 2.28. The van der Waals surface area contributed by atoms with Crippen molar-refractivity contribution in [2.75, 3.05) is 13.1 Å². The molecular formula is C23H34N6O6. The molecule has 1 rings (SSSR count). The zero-order valence-electron chi connectivity index (χ0n) is 20.0. The predicted molar refractivity (Wildman–Crippen MR) is 127 cm³/mol. The molecule has 0 saturated carbocycles. The van der Waals surface area contributed by atoms with Gasteiger partial charge in [-0.2, -0.15) is 0 Å². The number of aromatic nitrogens is 2. The summed E-state index contributed by atoms with van der Waals surface area (Å²) >= 11 is 0. The third-order valence-electron chi connectivity index (χ3n) is 4.84. The molecule has 1 heterocycles. The highest BCUT2D eigenvalue weighted by molar-refractivity contribution is 5.93. The summed E-state index contributed by atoms with van der Waals surface area (Å²) in [5, 5.41) is 25.4. The normalized spacial score (nSPS) is 12.1. The van der Waals surface area contributed by atoms with Gasteiger partial charge in [0.15, 0.2) is 0 Å². The molecule has 0 aliphatic heterocycles. The van der Waals surface area contributed by atoms with E-state index < -0.39 is 36.4 Å². The maximum Gasteiger partial charge on any atom is 0.322 e. The molecule has 12 heteroatoms. The number of unbranched alkanes of at least 4 members (excludes halogenated alkanes) is 2. The van der Waals surface area contributed by atoms with Gasteiger partial charge in [0.2, 0.25) is 17.7 Å². The number of hydrogen-bond donors (Lipinski definition) is 6. The summed E-state index contributed by atoms with van der Waals surface area (Å²) in [5.74, 6) is 2.81. The van der Waals surface area contributed by atoms with Crippen LogP contribution in [0, 0.1) is 17.8 Å². The number of amides is 3. The molecule has 0 radical (unpaired) electrons. The third kappa shape index (κ3) is 12.4. The number of carbonyl (C=O) groups excluding carboxylic acids is 3. The van der Waals surface area contributed by atoms with Crippen LogP contribution < -0.4 is 21.7 Å². The van der Waals surface area contributed by atoms with E-state index in [1.165, 1.54) is 12.4 Å². The van der Waals surface area contributed by atoms with Crippen molar-refractivity contribution in [2.45, 2.75) is 64.5 Å². The molecule has 1 aromatic heterocycles. The second-order valence-electron chi connectivity index (χ2n) is 8.17. The van der Waals surface area contributed by atoms with E-state index in [-0.39, 0.29) is 30.7 Å². The fraction of sp³-hybridized carbons (Fsp3) is 0.565. The van der Waals surface area contributed by atoms with Crippen LogP contribution in [0.25, 0.3) is 0 Å². The third-order valence-corrected chi connectivity index (χ3v) is 4.84. The molecule has 0 fully saturated rings. The highest BCUT2D eigenvalue weighted by Crippen LogP contribution is 2.07. The number of rotatable bonds is 14. The number of aliphatic carboxylic acids is 1. The lowest BCUT2D eigenvalue weighted by atomic mass is 10.0. The van der Waals surface area contributed by atoms with Crippen LogP contribution in [0.5, 0.6) is 6.01 Å². The molecule has 0 aliphatic carbocycles. The molecule has 0 saturated heterocycles. The summed E-state index contributed by atoms with van der Waals surface area (Å²) in [4.78, 5) is 55.6. The smallest absolute Gasteiger partial charge is 0.322 e. The van der Waals surface area contributed by atoms with E-state index >= 15 is 0 Å². The molecule has 7 N–H and O–H groups in total. The Balaban J connectivity index is 2.63. The number of hydrogen-bond acceptors (Lipinski definition) is 8. The molecular weight excluding hydrogens is 456 g/mol. The minimum Gasteiger partial charge on any atom is -0.480 e. The van der Waals surface area contributed by atoms with Gasteiger partial charge in [0.1, 0.15) is 18.6 Å². The van der Waals surface area contributed by atoms with Crippen molar-refractivity contribution in [1.29, 1.82) is 0 Å². The number of nitrogens with zero attached hydrogens (tertiary/aromatic N) is 2. The Morgan fingerprint density at radius 2 is 1.74 bits per heavy atom. The quantitative estimate of drug-likeness (QED) is 0.149. The van der Waals surface area contributed by atoms with E-state index in [0.29, 0.717) is 37.8 Å². The van der Waals surface area contributed by atoms with Gasteiger partial charge in [0.05, 0.1) is 5.56 Å². The van der Waals surface area contributed by atoms with Crippen LogP contribution in [0.2, 0.25) is 0 Å². The number of carbonyl (C=O) groups is 4. The minimum atomic E-state index is -1.20. The molecule has 0 aromatic carbocycles. The molecule has 1 aromatic rings. The Hall–Kier alpha value is -3.72. The summed E-state index contributed by atoms with van der Waals surface area (Å²) in [7, 11) is 0. The molecule has 35 heavy (non-hydrogen) atoms. The lowest BCUT2D eigenvalue weighted by Crippen LogP contribution is -2.55. The van der Waals surface area contributed by atoms with E-state index in [9.17, 15) is 19.2 Å². The number of aromatic hydroxyl groups is 1. The summed E-state index contributed by atoms with van der Waals surface area (Å²) < 4.78 is 0. The fourth-order valence-electron chi connectivity index (χ4n) is 2.98. The molecule has 3 amide bonds. The number of carboxylic acids is 1. The first-order valence-corrected chi connectivity index (χ1v) is 11.4. The van der Waals surface area contributed by atoms with Crippen LogP contribution in [0.15, 0.2) is 12.4 Å². The van der Waals surface area contributed by atoms with Crippen LogP contribution in [0.1, 0.15) is 57.9 Å². The van der Waals surface area contributed by atoms with Crippen molar-refractivity contribution in [2.24, 2.45) is 11.7 Å². The first kappa shape index (κ1) is 29.3. The van der Waals surface area contributed by atoms with Crippen LogP contribution in [0.3, 0.4) is 0 Å². The second-order valence-corrected chi connectivity index (χ2v) is 8.17. The van der Waals surface area contributed by atoms with Gasteiger partial charge in [-0.3, -0.25) is 19.2 Å². The lowest BCUT2D eigenvalue weighted by molar-refractivity contribution is -0.138. The van der Waals surface area contributed by atoms with E-state index in [1.54, 1.807) is 13.8 Å². The van der Waals surface area contributed by atoms with Crippen molar-refractivity contribution in [1.82, 2.24) is 25.9 Å². The Labute approximate surface area is 204 Å². The zero-order chi connectivity index (χ0) is 26.2. The number of nitrogens with one attached hydrogen (secondary N) is 3. The Bertz CT molecular complexity index is 909. The zero-order valence-corrected chi connectivity index (χ0v) is 20.0. The summed E-state index contributed by atoms with van der Waals surface area (Å²) in [6.07, 6.45) is 5.32. The average molecular weight is 491 g/mol. The van der Waals surface area contributed by atoms with Gasteiger partial charge in [0.25, 0.3) is 0 Å². The van der Waals surface area contributed by atoms with Crippen molar-refractivity contribution >= 4 is 23.7 Å². The lowest BCUT2D eigenvalue weighted by Gasteiger charge is -2.25. The highest BCUT2D eigenvalue weighted by atomic mass is 16.4. The van der Waals surface area contributed by atoms with Crippen LogP contribution >= 0.6 is 0 Å².